The van der Waals surface area contributed by atoms with Gasteiger partial charge in [0.1, 0.15) is 0 Å². The van der Waals surface area contributed by atoms with E-state index in [0.717, 1.165) is 0 Å². The van der Waals surface area contributed by atoms with Crippen LogP contribution in [0, 0.1) is 5.41 Å². The first kappa shape index (κ1) is 12.4. The van der Waals surface area contributed by atoms with Gasteiger partial charge in [-0.15, -0.1) is 0 Å². The number of hydrogen-bond acceptors (Lipinski definition) is 3. The molecule has 1 atom stereocenters. The number of amides is 1. The summed E-state index contributed by atoms with van der Waals surface area (Å²) in [6, 6.07) is 0. The monoisotopic (exact) mass is 188 g/mol. The van der Waals surface area contributed by atoms with Crippen LogP contribution in [0.15, 0.2) is 0 Å². The molecule has 0 bridgehead atoms. The average Bonchev–Trinajstić information content (AvgIpc) is 2.01. The fourth-order valence-corrected chi connectivity index (χ4v) is 1.01. The minimum atomic E-state index is -0.427. The SMILES string of the molecule is CNC(=O)C(C)(C)CNCC(C)O. The maximum Gasteiger partial charge on any atom is 0.226 e. The number of nitrogens with one attached hydrogen (secondary N) is 2. The van der Waals surface area contributed by atoms with E-state index in [2.05, 4.69) is 10.6 Å². The fraction of sp³-hybridized carbons (Fsp3) is 0.889. The van der Waals surface area contributed by atoms with E-state index in [1.807, 2.05) is 13.8 Å². The first-order chi connectivity index (χ1) is 5.90. The summed E-state index contributed by atoms with van der Waals surface area (Å²) in [4.78, 5) is 11.3. The van der Waals surface area contributed by atoms with Gasteiger partial charge in [0.2, 0.25) is 5.91 Å². The van der Waals surface area contributed by atoms with Gasteiger partial charge in [-0.2, -0.15) is 0 Å². The number of aliphatic hydroxyl groups is 1. The zero-order chi connectivity index (χ0) is 10.5. The fourth-order valence-electron chi connectivity index (χ4n) is 1.01. The minimum Gasteiger partial charge on any atom is -0.392 e. The van der Waals surface area contributed by atoms with E-state index in [4.69, 9.17) is 5.11 Å². The summed E-state index contributed by atoms with van der Waals surface area (Å²) in [7, 11) is 1.62. The van der Waals surface area contributed by atoms with Gasteiger partial charge in [-0.05, 0) is 20.8 Å². The number of carbonyl (C=O) groups excluding carboxylic acids is 1. The third-order valence-corrected chi connectivity index (χ3v) is 1.85. The van der Waals surface area contributed by atoms with E-state index in [-0.39, 0.29) is 12.0 Å². The zero-order valence-electron chi connectivity index (χ0n) is 8.85. The van der Waals surface area contributed by atoms with Crippen molar-refractivity contribution >= 4 is 5.91 Å². The molecular weight excluding hydrogens is 168 g/mol. The van der Waals surface area contributed by atoms with Crippen LogP contribution in [0.3, 0.4) is 0 Å². The van der Waals surface area contributed by atoms with Crippen LogP contribution in [-0.2, 0) is 4.79 Å². The Kier molecular flexibility index (Phi) is 4.95. The summed E-state index contributed by atoms with van der Waals surface area (Å²) in [5.41, 5.74) is -0.427. The highest BCUT2D eigenvalue weighted by atomic mass is 16.3. The Morgan fingerprint density at radius 3 is 2.46 bits per heavy atom. The second-order valence-corrected chi connectivity index (χ2v) is 3.94. The molecule has 1 amide bonds. The minimum absolute atomic E-state index is 0.00518. The van der Waals surface area contributed by atoms with Crippen LogP contribution in [0.25, 0.3) is 0 Å². The van der Waals surface area contributed by atoms with Gasteiger partial charge < -0.3 is 15.7 Å². The number of rotatable bonds is 5. The second-order valence-electron chi connectivity index (χ2n) is 3.94. The molecule has 78 valence electrons. The molecule has 0 fully saturated rings. The molecule has 4 heteroatoms. The van der Waals surface area contributed by atoms with Gasteiger partial charge in [0.15, 0.2) is 0 Å². The lowest BCUT2D eigenvalue weighted by Crippen LogP contribution is -2.43. The van der Waals surface area contributed by atoms with E-state index < -0.39 is 5.41 Å². The van der Waals surface area contributed by atoms with Crippen LogP contribution >= 0.6 is 0 Å². The van der Waals surface area contributed by atoms with Crippen molar-refractivity contribution in [1.29, 1.82) is 0 Å². The topological polar surface area (TPSA) is 61.4 Å². The molecule has 0 rings (SSSR count). The predicted molar refractivity (Wildman–Crippen MR) is 52.4 cm³/mol. The lowest BCUT2D eigenvalue weighted by Gasteiger charge is -2.23. The highest BCUT2D eigenvalue weighted by Crippen LogP contribution is 2.12. The molecule has 0 aromatic rings. The highest BCUT2D eigenvalue weighted by Gasteiger charge is 2.25. The molecule has 0 aliphatic heterocycles. The molecule has 3 N–H and O–H groups in total. The third kappa shape index (κ3) is 4.85. The van der Waals surface area contributed by atoms with Gasteiger partial charge in [0.25, 0.3) is 0 Å². The Bertz CT molecular complexity index is 167. The Morgan fingerprint density at radius 1 is 1.54 bits per heavy atom. The summed E-state index contributed by atoms with van der Waals surface area (Å²) < 4.78 is 0. The van der Waals surface area contributed by atoms with Crippen molar-refractivity contribution in [3.8, 4) is 0 Å². The summed E-state index contributed by atoms with van der Waals surface area (Å²) >= 11 is 0. The molecule has 0 saturated carbocycles. The van der Waals surface area contributed by atoms with E-state index in [0.29, 0.717) is 13.1 Å². The average molecular weight is 188 g/mol. The van der Waals surface area contributed by atoms with Gasteiger partial charge in [-0.25, -0.2) is 0 Å². The number of aliphatic hydroxyl groups excluding tert-OH is 1. The van der Waals surface area contributed by atoms with E-state index in [1.165, 1.54) is 0 Å². The first-order valence-electron chi connectivity index (χ1n) is 4.51. The summed E-state index contributed by atoms with van der Waals surface area (Å²) in [6.07, 6.45) is -0.375. The van der Waals surface area contributed by atoms with Gasteiger partial charge in [-0.3, -0.25) is 4.79 Å². The van der Waals surface area contributed by atoms with E-state index in [9.17, 15) is 4.79 Å². The molecule has 0 aliphatic rings. The molecule has 0 spiro atoms. The van der Waals surface area contributed by atoms with Gasteiger partial charge in [0, 0.05) is 20.1 Å². The van der Waals surface area contributed by atoms with Crippen molar-refractivity contribution < 1.29 is 9.90 Å². The third-order valence-electron chi connectivity index (χ3n) is 1.85. The maximum absolute atomic E-state index is 11.3. The van der Waals surface area contributed by atoms with Crippen LogP contribution in [-0.4, -0.2) is 37.3 Å². The van der Waals surface area contributed by atoms with Crippen molar-refractivity contribution in [3.05, 3.63) is 0 Å². The largest absolute Gasteiger partial charge is 0.392 e. The van der Waals surface area contributed by atoms with Crippen molar-refractivity contribution in [2.24, 2.45) is 5.41 Å². The molecule has 0 heterocycles. The maximum atomic E-state index is 11.3. The molecule has 13 heavy (non-hydrogen) atoms. The molecule has 1 unspecified atom stereocenters. The van der Waals surface area contributed by atoms with Crippen LogP contribution in [0.4, 0.5) is 0 Å². The standard InChI is InChI=1S/C9H20N2O2/c1-7(12)5-11-6-9(2,3)8(13)10-4/h7,11-12H,5-6H2,1-4H3,(H,10,13). The summed E-state index contributed by atoms with van der Waals surface area (Å²) in [6.45, 7) is 6.51. The number of carbonyl (C=O) groups is 1. The molecule has 0 radical (unpaired) electrons. The second kappa shape index (κ2) is 5.19. The van der Waals surface area contributed by atoms with Crippen molar-refractivity contribution in [1.82, 2.24) is 10.6 Å². The lowest BCUT2D eigenvalue weighted by molar-refractivity contribution is -0.128. The Morgan fingerprint density at radius 2 is 2.08 bits per heavy atom. The smallest absolute Gasteiger partial charge is 0.226 e. The Balaban J connectivity index is 3.82. The van der Waals surface area contributed by atoms with Gasteiger partial charge in [0.05, 0.1) is 11.5 Å². The summed E-state index contributed by atoms with van der Waals surface area (Å²) in [5, 5.41) is 14.6. The molecule has 0 aromatic carbocycles. The van der Waals surface area contributed by atoms with Gasteiger partial charge >= 0.3 is 0 Å². The molecule has 0 aliphatic carbocycles. The first-order valence-corrected chi connectivity index (χ1v) is 4.51. The Hall–Kier alpha value is -0.610. The lowest BCUT2D eigenvalue weighted by atomic mass is 9.92. The number of hydrogen-bond donors (Lipinski definition) is 3. The van der Waals surface area contributed by atoms with E-state index >= 15 is 0 Å². The van der Waals surface area contributed by atoms with Crippen molar-refractivity contribution in [2.75, 3.05) is 20.1 Å². The quantitative estimate of drug-likeness (QED) is 0.556. The van der Waals surface area contributed by atoms with Crippen LogP contribution in [0.2, 0.25) is 0 Å². The highest BCUT2D eigenvalue weighted by molar-refractivity contribution is 5.81. The van der Waals surface area contributed by atoms with Crippen LogP contribution in [0.1, 0.15) is 20.8 Å². The van der Waals surface area contributed by atoms with Gasteiger partial charge in [-0.1, -0.05) is 0 Å². The Labute approximate surface area is 79.7 Å². The van der Waals surface area contributed by atoms with Crippen molar-refractivity contribution in [3.63, 3.8) is 0 Å². The van der Waals surface area contributed by atoms with Crippen LogP contribution in [0.5, 0.6) is 0 Å². The molecular formula is C9H20N2O2. The summed E-state index contributed by atoms with van der Waals surface area (Å²) in [5.74, 6) is 0.00518. The molecule has 0 saturated heterocycles. The zero-order valence-corrected chi connectivity index (χ0v) is 8.85. The normalized spacial score (nSPS) is 13.9. The van der Waals surface area contributed by atoms with Crippen LogP contribution < -0.4 is 10.6 Å². The van der Waals surface area contributed by atoms with E-state index in [1.54, 1.807) is 14.0 Å². The van der Waals surface area contributed by atoms with Crippen molar-refractivity contribution in [2.45, 2.75) is 26.9 Å². The molecule has 4 nitrogen and oxygen atoms in total. The molecule has 0 aromatic heterocycles. The predicted octanol–water partition coefficient (Wildman–Crippen LogP) is -0.271.